The molecule has 14 aromatic heterocycles. The summed E-state index contributed by atoms with van der Waals surface area (Å²) < 4.78 is 8.12. The third-order valence-electron chi connectivity index (χ3n) is 12.7. The van der Waals surface area contributed by atoms with E-state index in [4.69, 9.17) is 41.5 Å². The van der Waals surface area contributed by atoms with Crippen LogP contribution in [0.2, 0.25) is 0 Å². The lowest BCUT2D eigenvalue weighted by molar-refractivity contribution is 0.0679. The summed E-state index contributed by atoms with van der Waals surface area (Å²) in [5.74, 6) is -2.93. The highest BCUT2D eigenvalue weighted by Crippen LogP contribution is 2.16. The molecule has 43 nitrogen and oxygen atoms in total. The van der Waals surface area contributed by atoms with E-state index in [0.717, 1.165) is 29.2 Å². The van der Waals surface area contributed by atoms with Gasteiger partial charge in [0.1, 0.15) is 116 Å². The molecule has 0 unspecified atom stereocenters. The van der Waals surface area contributed by atoms with E-state index in [2.05, 4.69) is 115 Å². The summed E-state index contributed by atoms with van der Waals surface area (Å²) >= 11 is 0. The van der Waals surface area contributed by atoms with Crippen molar-refractivity contribution >= 4 is 70.7 Å². The topological polar surface area (TPSA) is 607 Å². The van der Waals surface area contributed by atoms with Gasteiger partial charge in [-0.1, -0.05) is 0 Å². The standard InChI is InChI=1S/C11H10N4O2.C9H8N6O2.2C9H8N4O2.C9H7N3O2.2C8H6N4O2/c1-7-2-3-8(5-12-7)15-10-4-9(11(16)17)13-6-14-10;10-6-2-8(14-4-12-6)15-7-1-5(9(16)17)11-3-13-7;1-6-3-13(5-12-6)8-2-7(9(14)15)10-4-11-8;1-6-10-2-3-13(6)8-4-7(9(14)15)11-5-12-8;13-9(14)7-5-8(11-6-10-7)12-3-1-2-4-12;13-8(14)6-3-7(11-4-10-6)12-2-1-9-5-12;13-8(14)6-4-7(10-5-9-6)12-3-1-2-11-12/h2-6H,1H3,(H,16,17)(H,13,14,15);1-4H,(H,16,17)(H3,10,11,12,13,14,15);2*2-5H,1H3,(H,14,15);1-6H,(H,13,14);2*1-5H,(H,13,14). The summed E-state index contributed by atoms with van der Waals surface area (Å²) in [7, 11) is 0. The molecule has 14 heterocycles. The SMILES string of the molecule is Cc1ccc(Nc2cc(C(=O)O)ncn2)cn1.Cc1cn(-c2cc(C(=O)O)ncn2)cn1.Cc1nccn1-c1cc(C(=O)O)ncn1.Nc1cc(Nc2cc(C(=O)O)ncn2)ncn1.O=C(O)c1cc(-n2cccc2)ncn1.O=C(O)c1cc(-n2cccn2)ncn1.O=C(O)c1cc(-n2ccnc2)ncn1. The Morgan fingerprint density at radius 3 is 1.22 bits per heavy atom. The fraction of sp³-hybridized carbons (Fsp3) is 0.0476. The van der Waals surface area contributed by atoms with Gasteiger partial charge in [-0.25, -0.2) is 133 Å². The molecule has 0 spiro atoms. The fourth-order valence-corrected chi connectivity index (χ4v) is 7.80. The number of hydrogen-bond acceptors (Lipinski definition) is 31. The molecule has 14 aromatic rings. The van der Waals surface area contributed by atoms with E-state index < -0.39 is 41.8 Å². The molecule has 0 fully saturated rings. The first-order valence-electron chi connectivity index (χ1n) is 29.5. The number of carbonyl (C=O) groups is 7. The minimum atomic E-state index is -1.13. The van der Waals surface area contributed by atoms with Gasteiger partial charge in [0.15, 0.2) is 45.7 Å². The lowest BCUT2D eigenvalue weighted by Gasteiger charge is -2.05. The molecule has 0 radical (unpaired) electrons. The van der Waals surface area contributed by atoms with Crippen LogP contribution in [0.3, 0.4) is 0 Å². The lowest BCUT2D eigenvalue weighted by Crippen LogP contribution is -2.05. The highest BCUT2D eigenvalue weighted by atomic mass is 16.4. The number of imidazole rings is 3. The maximum Gasteiger partial charge on any atom is 0.354 e. The molecule has 0 aliphatic heterocycles. The second-order valence-electron chi connectivity index (χ2n) is 20.1. The van der Waals surface area contributed by atoms with Gasteiger partial charge in [0, 0.05) is 110 Å². The van der Waals surface area contributed by atoms with Crippen LogP contribution in [-0.4, -0.2) is 205 Å². The molecule has 0 aliphatic carbocycles. The van der Waals surface area contributed by atoms with Crippen molar-refractivity contribution in [2.24, 2.45) is 0 Å². The van der Waals surface area contributed by atoms with Gasteiger partial charge >= 0.3 is 41.8 Å². The Morgan fingerprint density at radius 2 is 0.792 bits per heavy atom. The number of aryl methyl sites for hydroxylation is 3. The van der Waals surface area contributed by atoms with E-state index in [9.17, 15) is 33.6 Å². The van der Waals surface area contributed by atoms with Crippen LogP contribution in [0.5, 0.6) is 0 Å². The minimum absolute atomic E-state index is 0.0105. The van der Waals surface area contributed by atoms with Crippen LogP contribution in [0.15, 0.2) is 204 Å². The smallest absolute Gasteiger partial charge is 0.354 e. The zero-order valence-corrected chi connectivity index (χ0v) is 54.7. The van der Waals surface area contributed by atoms with E-state index in [1.54, 1.807) is 92.6 Å². The number of anilines is 5. The van der Waals surface area contributed by atoms with Crippen molar-refractivity contribution in [3.05, 3.63) is 261 Å². The van der Waals surface area contributed by atoms with Gasteiger partial charge in [-0.3, -0.25) is 18.7 Å². The van der Waals surface area contributed by atoms with Crippen molar-refractivity contribution < 1.29 is 69.3 Å². The molecule has 0 amide bonds. The monoisotopic (exact) mass is 1440 g/mol. The van der Waals surface area contributed by atoms with Crippen molar-refractivity contribution in [2.45, 2.75) is 20.8 Å². The Bertz CT molecular complexity index is 5090. The number of hydrogen-bond donors (Lipinski definition) is 10. The minimum Gasteiger partial charge on any atom is -0.477 e. The van der Waals surface area contributed by atoms with Crippen molar-refractivity contribution in [2.75, 3.05) is 16.4 Å². The quantitative estimate of drug-likeness (QED) is 0.0612. The number of carboxylic acid groups (broad SMARTS) is 7. The molecule has 43 heteroatoms. The first kappa shape index (κ1) is 75.4. The molecular formula is C63H53N29O14. The van der Waals surface area contributed by atoms with Gasteiger partial charge in [0.2, 0.25) is 0 Å². The number of carboxylic acids is 7. The fourth-order valence-electron chi connectivity index (χ4n) is 7.80. The maximum absolute atomic E-state index is 10.7. The summed E-state index contributed by atoms with van der Waals surface area (Å²) in [5.41, 5.74) is 7.63. The Hall–Kier alpha value is -16.4. The van der Waals surface area contributed by atoms with E-state index in [0.29, 0.717) is 52.4 Å². The number of rotatable bonds is 16. The van der Waals surface area contributed by atoms with E-state index >= 15 is 0 Å². The molecular weight excluding hydrogens is 1390 g/mol. The summed E-state index contributed by atoms with van der Waals surface area (Å²) in [4.78, 5) is 151. The molecule has 14 rings (SSSR count). The molecule has 0 saturated heterocycles. The predicted molar refractivity (Wildman–Crippen MR) is 362 cm³/mol. The summed E-state index contributed by atoms with van der Waals surface area (Å²) in [6.07, 6.45) is 29.7. The Labute approximate surface area is 593 Å². The highest BCUT2D eigenvalue weighted by molar-refractivity contribution is 5.88. The number of nitrogens with zero attached hydrogens (tertiary/aromatic N) is 26. The highest BCUT2D eigenvalue weighted by Gasteiger charge is 2.14. The number of aromatic nitrogens is 26. The Kier molecular flexibility index (Phi) is 26.3. The third kappa shape index (κ3) is 22.8. The van der Waals surface area contributed by atoms with Crippen molar-refractivity contribution in [1.82, 2.24) is 128 Å². The van der Waals surface area contributed by atoms with E-state index in [-0.39, 0.29) is 39.9 Å². The predicted octanol–water partition coefficient (Wildman–Crippen LogP) is 4.94. The number of nitrogens with two attached hydrogens (primary N) is 1. The zero-order chi connectivity index (χ0) is 76.1. The second-order valence-corrected chi connectivity index (χ2v) is 20.1. The number of pyridine rings is 1. The Morgan fingerprint density at radius 1 is 0.358 bits per heavy atom. The second kappa shape index (κ2) is 37.0. The number of nitrogens with one attached hydrogen (secondary N) is 2. The maximum atomic E-state index is 10.7. The van der Waals surface area contributed by atoms with Crippen LogP contribution < -0.4 is 16.4 Å². The van der Waals surface area contributed by atoms with Gasteiger partial charge in [0.25, 0.3) is 0 Å². The molecule has 106 heavy (non-hydrogen) atoms. The summed E-state index contributed by atoms with van der Waals surface area (Å²) in [6, 6.07) is 20.2. The van der Waals surface area contributed by atoms with Crippen molar-refractivity contribution in [1.29, 1.82) is 0 Å². The van der Waals surface area contributed by atoms with Crippen LogP contribution in [0.1, 0.15) is 90.6 Å². The van der Waals surface area contributed by atoms with Gasteiger partial charge in [-0.2, -0.15) is 5.10 Å². The van der Waals surface area contributed by atoms with Crippen molar-refractivity contribution in [3.8, 4) is 29.1 Å². The van der Waals surface area contributed by atoms with Gasteiger partial charge in [-0.05, 0) is 51.1 Å². The third-order valence-corrected chi connectivity index (χ3v) is 12.7. The molecule has 11 N–H and O–H groups in total. The van der Waals surface area contributed by atoms with Crippen LogP contribution in [-0.2, 0) is 0 Å². The normalized spacial score (nSPS) is 10.0. The van der Waals surface area contributed by atoms with Crippen molar-refractivity contribution in [3.63, 3.8) is 0 Å². The van der Waals surface area contributed by atoms with E-state index in [1.165, 1.54) is 104 Å². The molecule has 0 atom stereocenters. The first-order valence-corrected chi connectivity index (χ1v) is 29.5. The average Bonchev–Trinajstić information content (AvgIpc) is 1.71. The number of aromatic carboxylic acids is 7. The first-order chi connectivity index (χ1) is 51.0. The van der Waals surface area contributed by atoms with Gasteiger partial charge in [0.05, 0.1) is 17.6 Å². The molecule has 0 aromatic carbocycles. The lowest BCUT2D eigenvalue weighted by atomic mass is 10.3. The van der Waals surface area contributed by atoms with Gasteiger partial charge < -0.3 is 56.7 Å². The number of nitrogen functional groups attached to an aromatic ring is 1. The summed E-state index contributed by atoms with van der Waals surface area (Å²) in [5, 5.41) is 70.8. The van der Waals surface area contributed by atoms with Crippen LogP contribution in [0, 0.1) is 20.8 Å². The molecule has 0 aliphatic rings. The molecule has 0 saturated carbocycles. The zero-order valence-electron chi connectivity index (χ0n) is 54.7. The van der Waals surface area contributed by atoms with Gasteiger partial charge in [-0.15, -0.1) is 0 Å². The molecule has 0 bridgehead atoms. The Balaban J connectivity index is 0.000000156. The van der Waals surface area contributed by atoms with Crippen LogP contribution in [0.25, 0.3) is 29.1 Å². The van der Waals surface area contributed by atoms with Crippen LogP contribution >= 0.6 is 0 Å². The molecule has 534 valence electrons. The van der Waals surface area contributed by atoms with E-state index in [1.807, 2.05) is 45.0 Å². The largest absolute Gasteiger partial charge is 0.477 e. The average molecular weight is 1440 g/mol. The summed E-state index contributed by atoms with van der Waals surface area (Å²) in [6.45, 7) is 5.54. The van der Waals surface area contributed by atoms with Crippen LogP contribution in [0.4, 0.5) is 29.0 Å².